The SMILES string of the molecule is CCCCS(=O)(=O)C[C@H](C)c1cccc(OCC2CCCC2)c1. The Balaban J connectivity index is 1.92. The maximum absolute atomic E-state index is 12.1. The van der Waals surface area contributed by atoms with Crippen LogP contribution in [0.4, 0.5) is 0 Å². The monoisotopic (exact) mass is 338 g/mol. The third-order valence-electron chi connectivity index (χ3n) is 4.70. The van der Waals surface area contributed by atoms with Gasteiger partial charge in [0.1, 0.15) is 5.75 Å². The Kier molecular flexibility index (Phi) is 6.94. The first-order valence-corrected chi connectivity index (χ1v) is 10.8. The Bertz CT molecular complexity index is 574. The second-order valence-corrected chi connectivity index (χ2v) is 9.13. The van der Waals surface area contributed by atoms with E-state index in [1.807, 2.05) is 38.1 Å². The molecule has 1 fully saturated rings. The van der Waals surface area contributed by atoms with Crippen LogP contribution in [-0.2, 0) is 9.84 Å². The Hall–Kier alpha value is -1.03. The maximum atomic E-state index is 12.1. The van der Waals surface area contributed by atoms with Crippen molar-refractivity contribution in [2.24, 2.45) is 5.92 Å². The standard InChI is InChI=1S/C19H30O3S/c1-3-4-12-23(20,21)15-16(2)18-10-7-11-19(13-18)22-14-17-8-5-6-9-17/h7,10-11,13,16-17H,3-6,8-9,12,14-15H2,1-2H3/t16-/m0/s1. The Morgan fingerprint density at radius 2 is 2.00 bits per heavy atom. The maximum Gasteiger partial charge on any atom is 0.150 e. The fourth-order valence-corrected chi connectivity index (χ4v) is 5.08. The summed E-state index contributed by atoms with van der Waals surface area (Å²) in [7, 11) is -2.97. The molecule has 0 unspecified atom stereocenters. The lowest BCUT2D eigenvalue weighted by atomic mass is 10.0. The highest BCUT2D eigenvalue weighted by atomic mass is 32.2. The van der Waals surface area contributed by atoms with Crippen LogP contribution in [-0.4, -0.2) is 26.5 Å². The Morgan fingerprint density at radius 3 is 2.70 bits per heavy atom. The van der Waals surface area contributed by atoms with Gasteiger partial charge in [-0.2, -0.15) is 0 Å². The van der Waals surface area contributed by atoms with Gasteiger partial charge in [-0.1, -0.05) is 45.2 Å². The van der Waals surface area contributed by atoms with E-state index in [1.54, 1.807) is 0 Å². The van der Waals surface area contributed by atoms with E-state index in [2.05, 4.69) is 0 Å². The first kappa shape index (κ1) is 18.3. The van der Waals surface area contributed by atoms with Crippen LogP contribution >= 0.6 is 0 Å². The molecule has 0 radical (unpaired) electrons. The van der Waals surface area contributed by atoms with E-state index in [-0.39, 0.29) is 11.7 Å². The molecule has 1 aromatic rings. The summed E-state index contributed by atoms with van der Waals surface area (Å²) in [5, 5.41) is 0. The van der Waals surface area contributed by atoms with Crippen LogP contribution in [0.15, 0.2) is 24.3 Å². The number of benzene rings is 1. The molecule has 3 nitrogen and oxygen atoms in total. The second kappa shape index (κ2) is 8.72. The van der Waals surface area contributed by atoms with E-state index in [1.165, 1.54) is 25.7 Å². The van der Waals surface area contributed by atoms with Crippen molar-refractivity contribution in [3.05, 3.63) is 29.8 Å². The Labute approximate surface area is 141 Å². The zero-order valence-electron chi connectivity index (χ0n) is 14.5. The molecule has 0 N–H and O–H groups in total. The minimum absolute atomic E-state index is 0.00638. The fraction of sp³-hybridized carbons (Fsp3) is 0.684. The van der Waals surface area contributed by atoms with Gasteiger partial charge in [0.25, 0.3) is 0 Å². The molecule has 2 rings (SSSR count). The Morgan fingerprint density at radius 1 is 1.26 bits per heavy atom. The number of unbranched alkanes of at least 4 members (excludes halogenated alkanes) is 1. The van der Waals surface area contributed by atoms with Crippen molar-refractivity contribution in [1.29, 1.82) is 0 Å². The summed E-state index contributed by atoms with van der Waals surface area (Å²) in [6.45, 7) is 4.79. The van der Waals surface area contributed by atoms with Gasteiger partial charge in [-0.3, -0.25) is 0 Å². The molecule has 1 aliphatic carbocycles. The van der Waals surface area contributed by atoms with Crippen LogP contribution in [0.5, 0.6) is 5.75 Å². The predicted octanol–water partition coefficient (Wildman–Crippen LogP) is 4.57. The normalized spacial score (nSPS) is 17.3. The average Bonchev–Trinajstić information content (AvgIpc) is 3.04. The summed E-state index contributed by atoms with van der Waals surface area (Å²) in [6.07, 6.45) is 6.84. The summed E-state index contributed by atoms with van der Waals surface area (Å²) < 4.78 is 30.2. The fourth-order valence-electron chi connectivity index (χ4n) is 3.23. The van der Waals surface area contributed by atoms with Gasteiger partial charge < -0.3 is 4.74 Å². The first-order valence-electron chi connectivity index (χ1n) is 8.93. The zero-order valence-corrected chi connectivity index (χ0v) is 15.3. The van der Waals surface area contributed by atoms with E-state index in [0.717, 1.165) is 30.8 Å². The van der Waals surface area contributed by atoms with Crippen LogP contribution < -0.4 is 4.74 Å². The summed E-state index contributed by atoms with van der Waals surface area (Å²) in [6, 6.07) is 7.95. The molecule has 4 heteroatoms. The molecule has 1 saturated carbocycles. The highest BCUT2D eigenvalue weighted by Crippen LogP contribution is 2.27. The third-order valence-corrected chi connectivity index (χ3v) is 6.62. The molecule has 0 amide bonds. The van der Waals surface area contributed by atoms with Crippen molar-refractivity contribution in [3.8, 4) is 5.75 Å². The van der Waals surface area contributed by atoms with Gasteiger partial charge in [-0.25, -0.2) is 8.42 Å². The van der Waals surface area contributed by atoms with Gasteiger partial charge in [0.05, 0.1) is 18.1 Å². The molecule has 0 spiro atoms. The van der Waals surface area contributed by atoms with Gasteiger partial charge in [-0.05, 0) is 48.8 Å². The van der Waals surface area contributed by atoms with Crippen molar-refractivity contribution in [2.75, 3.05) is 18.1 Å². The van der Waals surface area contributed by atoms with Crippen molar-refractivity contribution >= 4 is 9.84 Å². The minimum Gasteiger partial charge on any atom is -0.493 e. The number of hydrogen-bond donors (Lipinski definition) is 0. The van der Waals surface area contributed by atoms with Crippen LogP contribution in [0.3, 0.4) is 0 Å². The lowest BCUT2D eigenvalue weighted by molar-refractivity contribution is 0.252. The highest BCUT2D eigenvalue weighted by molar-refractivity contribution is 7.91. The van der Waals surface area contributed by atoms with Crippen LogP contribution in [0.25, 0.3) is 0 Å². The van der Waals surface area contributed by atoms with Gasteiger partial charge >= 0.3 is 0 Å². The lowest BCUT2D eigenvalue weighted by Crippen LogP contribution is -2.16. The lowest BCUT2D eigenvalue weighted by Gasteiger charge is -2.15. The molecule has 0 aromatic heterocycles. The van der Waals surface area contributed by atoms with E-state index in [4.69, 9.17) is 4.74 Å². The third kappa shape index (κ3) is 6.17. The topological polar surface area (TPSA) is 43.4 Å². The second-order valence-electron chi connectivity index (χ2n) is 6.90. The number of hydrogen-bond acceptors (Lipinski definition) is 3. The highest BCUT2D eigenvalue weighted by Gasteiger charge is 2.18. The molecule has 1 aliphatic rings. The molecule has 0 heterocycles. The van der Waals surface area contributed by atoms with Crippen LogP contribution in [0.1, 0.15) is 63.9 Å². The van der Waals surface area contributed by atoms with Gasteiger partial charge in [-0.15, -0.1) is 0 Å². The molecule has 0 aliphatic heterocycles. The molecular formula is C19H30O3S. The van der Waals surface area contributed by atoms with Gasteiger partial charge in [0.2, 0.25) is 0 Å². The van der Waals surface area contributed by atoms with Gasteiger partial charge in [0, 0.05) is 0 Å². The van der Waals surface area contributed by atoms with E-state index in [9.17, 15) is 8.42 Å². The van der Waals surface area contributed by atoms with Crippen LogP contribution in [0, 0.1) is 5.92 Å². The number of ether oxygens (including phenoxy) is 1. The van der Waals surface area contributed by atoms with Gasteiger partial charge in [0.15, 0.2) is 9.84 Å². The van der Waals surface area contributed by atoms with Crippen molar-refractivity contribution in [3.63, 3.8) is 0 Å². The summed E-state index contributed by atoms with van der Waals surface area (Å²) in [4.78, 5) is 0. The molecular weight excluding hydrogens is 308 g/mol. The number of sulfone groups is 1. The molecule has 1 atom stereocenters. The van der Waals surface area contributed by atoms with Crippen LogP contribution in [0.2, 0.25) is 0 Å². The smallest absolute Gasteiger partial charge is 0.150 e. The van der Waals surface area contributed by atoms with E-state index >= 15 is 0 Å². The largest absolute Gasteiger partial charge is 0.493 e. The quantitative estimate of drug-likeness (QED) is 0.662. The first-order chi connectivity index (χ1) is 11.0. The van der Waals surface area contributed by atoms with E-state index < -0.39 is 9.84 Å². The number of rotatable bonds is 9. The molecule has 130 valence electrons. The minimum atomic E-state index is -2.97. The van der Waals surface area contributed by atoms with Crippen molar-refractivity contribution in [2.45, 2.75) is 58.3 Å². The zero-order chi connectivity index (χ0) is 16.7. The molecule has 1 aromatic carbocycles. The van der Waals surface area contributed by atoms with E-state index in [0.29, 0.717) is 11.7 Å². The predicted molar refractivity (Wildman–Crippen MR) is 95.9 cm³/mol. The van der Waals surface area contributed by atoms with Crippen molar-refractivity contribution < 1.29 is 13.2 Å². The summed E-state index contributed by atoms with van der Waals surface area (Å²) >= 11 is 0. The van der Waals surface area contributed by atoms with Crippen molar-refractivity contribution in [1.82, 2.24) is 0 Å². The average molecular weight is 339 g/mol. The molecule has 0 bridgehead atoms. The molecule has 0 saturated heterocycles. The summed E-state index contributed by atoms with van der Waals surface area (Å²) in [5.74, 6) is 2.08. The molecule has 23 heavy (non-hydrogen) atoms. The summed E-state index contributed by atoms with van der Waals surface area (Å²) in [5.41, 5.74) is 1.05.